The van der Waals surface area contributed by atoms with Gasteiger partial charge in [0, 0.05) is 0 Å². The maximum atomic E-state index is 12.7. The second kappa shape index (κ2) is 7.22. The van der Waals surface area contributed by atoms with Gasteiger partial charge >= 0.3 is 23.0 Å². The van der Waals surface area contributed by atoms with E-state index in [9.17, 15) is 28.4 Å². The first-order chi connectivity index (χ1) is 10.2. The molecule has 9 nitrogen and oxygen atoms in total. The molecule has 0 bridgehead atoms. The van der Waals surface area contributed by atoms with Crippen molar-refractivity contribution in [2.24, 2.45) is 17.8 Å². The third kappa shape index (κ3) is 4.79. The molecule has 24 heavy (non-hydrogen) atoms. The fourth-order valence-corrected chi connectivity index (χ4v) is 6.73. The zero-order chi connectivity index (χ0) is 19.9. The van der Waals surface area contributed by atoms with Crippen molar-refractivity contribution in [2.45, 2.75) is 58.8 Å². The van der Waals surface area contributed by atoms with Crippen LogP contribution in [-0.2, 0) is 18.0 Å². The summed E-state index contributed by atoms with van der Waals surface area (Å²) in [5.74, 6) is -2.13. The number of hydrogen-bond donors (Lipinski definition) is 5. The van der Waals surface area contributed by atoms with Gasteiger partial charge in [0.05, 0.1) is 10.3 Å². The molecular formula is C12H29O9P3. The maximum Gasteiger partial charge on any atom is 0.476 e. The van der Waals surface area contributed by atoms with Crippen LogP contribution in [0, 0.1) is 17.8 Å². The highest BCUT2D eigenvalue weighted by atomic mass is 31.3. The zero-order valence-corrected chi connectivity index (χ0v) is 17.6. The summed E-state index contributed by atoms with van der Waals surface area (Å²) in [6.45, 7) is 10.3. The van der Waals surface area contributed by atoms with Crippen molar-refractivity contribution in [1.82, 2.24) is 0 Å². The highest BCUT2D eigenvalue weighted by molar-refractivity contribution is 7.64. The largest absolute Gasteiger partial charge is 0.476 e. The highest BCUT2D eigenvalue weighted by Crippen LogP contribution is 2.70. The molecule has 0 amide bonds. The van der Waals surface area contributed by atoms with Crippen molar-refractivity contribution >= 4 is 23.0 Å². The number of phosphoric acid groups is 1. The molecule has 0 heterocycles. The molecule has 0 aromatic rings. The minimum atomic E-state index is -5.23. The normalized spacial score (nSPS) is 21.9. The summed E-state index contributed by atoms with van der Waals surface area (Å²) in [5.41, 5.74) is 0. The maximum absolute atomic E-state index is 12.7. The first-order valence-electron chi connectivity index (χ1n) is 7.37. The Kier molecular flexibility index (Phi) is 7.36. The summed E-state index contributed by atoms with van der Waals surface area (Å²) in [6.07, 6.45) is 0. The van der Waals surface area contributed by atoms with E-state index in [1.807, 2.05) is 0 Å². The molecular weight excluding hydrogens is 381 g/mol. The van der Waals surface area contributed by atoms with E-state index in [1.165, 1.54) is 34.6 Å². The quantitative estimate of drug-likeness (QED) is 0.379. The second-order valence-electron chi connectivity index (χ2n) is 7.25. The Bertz CT molecular complexity index is 591. The second-order valence-corrected chi connectivity index (χ2v) is 13.1. The van der Waals surface area contributed by atoms with Gasteiger partial charge in [-0.25, -0.2) is 8.88 Å². The molecule has 0 saturated heterocycles. The number of hydrogen-bond acceptors (Lipinski definition) is 4. The molecule has 0 saturated carbocycles. The lowest BCUT2D eigenvalue weighted by atomic mass is 9.73. The minimum Gasteiger partial charge on any atom is -0.324 e. The molecule has 0 spiro atoms. The average Bonchev–Trinajstić information content (AvgIpc) is 2.30. The summed E-state index contributed by atoms with van der Waals surface area (Å²) in [5, 5.41) is -3.15. The molecule has 146 valence electrons. The first-order valence-corrected chi connectivity index (χ1v) is 12.1. The molecule has 0 aliphatic heterocycles. The molecule has 5 N–H and O–H groups in total. The van der Waals surface area contributed by atoms with Crippen LogP contribution in [0.3, 0.4) is 0 Å². The Morgan fingerprint density at radius 2 is 1.17 bits per heavy atom. The Hall–Kier alpha value is 0.450. The third-order valence-electron chi connectivity index (χ3n) is 5.53. The van der Waals surface area contributed by atoms with Crippen molar-refractivity contribution in [3.63, 3.8) is 0 Å². The Morgan fingerprint density at radius 1 is 0.792 bits per heavy atom. The molecule has 0 radical (unpaired) electrons. The first kappa shape index (κ1) is 24.5. The van der Waals surface area contributed by atoms with Gasteiger partial charge in [0.1, 0.15) is 0 Å². The van der Waals surface area contributed by atoms with Crippen LogP contribution < -0.4 is 0 Å². The SMILES string of the molecule is CC(C(C)C(C)(C(C)C)P(=O)(O)OP(=O)(O)O)C(C)(C)P(=O)(O)O. The Labute approximate surface area is 142 Å². The van der Waals surface area contributed by atoms with Crippen LogP contribution in [0.5, 0.6) is 0 Å². The van der Waals surface area contributed by atoms with Crippen LogP contribution in [0.15, 0.2) is 0 Å². The van der Waals surface area contributed by atoms with E-state index in [1.54, 1.807) is 13.8 Å². The Balaban J connectivity index is 6.14. The van der Waals surface area contributed by atoms with Gasteiger partial charge in [-0.05, 0) is 38.5 Å². The van der Waals surface area contributed by atoms with Crippen LogP contribution in [0.4, 0.5) is 0 Å². The van der Waals surface area contributed by atoms with Crippen LogP contribution >= 0.6 is 23.0 Å². The summed E-state index contributed by atoms with van der Waals surface area (Å²) in [6, 6.07) is 0. The summed E-state index contributed by atoms with van der Waals surface area (Å²) in [4.78, 5) is 47.3. The topological polar surface area (TPSA) is 162 Å². The standard InChI is InChI=1S/C12H29O9P3/c1-8(2)12(7,23(16,17)21-24(18,19)20)10(4)9(3)11(5,6)22(13,14)15/h8-10H,1-7H3,(H,16,17)(H2,13,14,15)(H2,18,19,20). The summed E-state index contributed by atoms with van der Waals surface area (Å²) < 4.78 is 39.7. The fourth-order valence-electron chi connectivity index (χ4n) is 2.72. The average molecular weight is 410 g/mol. The lowest BCUT2D eigenvalue weighted by Crippen LogP contribution is -2.47. The predicted molar refractivity (Wildman–Crippen MR) is 90.6 cm³/mol. The van der Waals surface area contributed by atoms with Crippen molar-refractivity contribution in [3.8, 4) is 0 Å². The van der Waals surface area contributed by atoms with E-state index < -0.39 is 51.1 Å². The fraction of sp³-hybridized carbons (Fsp3) is 1.00. The predicted octanol–water partition coefficient (Wildman–Crippen LogP) is 2.92. The minimum absolute atomic E-state index is 0.565. The van der Waals surface area contributed by atoms with Crippen LogP contribution in [-0.4, -0.2) is 34.8 Å². The van der Waals surface area contributed by atoms with Gasteiger partial charge in [-0.3, -0.25) is 9.13 Å². The molecule has 4 unspecified atom stereocenters. The van der Waals surface area contributed by atoms with E-state index in [4.69, 9.17) is 9.79 Å². The van der Waals surface area contributed by atoms with Crippen LogP contribution in [0.2, 0.25) is 0 Å². The van der Waals surface area contributed by atoms with Gasteiger partial charge in [0.2, 0.25) is 0 Å². The van der Waals surface area contributed by atoms with E-state index in [0.717, 1.165) is 0 Å². The van der Waals surface area contributed by atoms with E-state index >= 15 is 0 Å². The Morgan fingerprint density at radius 3 is 1.42 bits per heavy atom. The smallest absolute Gasteiger partial charge is 0.324 e. The molecule has 12 heteroatoms. The lowest BCUT2D eigenvalue weighted by molar-refractivity contribution is 0.160. The number of rotatable bonds is 8. The molecule has 0 fully saturated rings. The van der Waals surface area contributed by atoms with Crippen molar-refractivity contribution < 1.29 is 42.5 Å². The van der Waals surface area contributed by atoms with Gasteiger partial charge < -0.3 is 24.5 Å². The van der Waals surface area contributed by atoms with Crippen molar-refractivity contribution in [3.05, 3.63) is 0 Å². The molecule has 0 aromatic heterocycles. The van der Waals surface area contributed by atoms with E-state index in [2.05, 4.69) is 4.31 Å². The van der Waals surface area contributed by atoms with E-state index in [-0.39, 0.29) is 0 Å². The van der Waals surface area contributed by atoms with Gasteiger partial charge in [-0.15, -0.1) is 0 Å². The van der Waals surface area contributed by atoms with E-state index in [0.29, 0.717) is 0 Å². The molecule has 0 aromatic carbocycles. The molecule has 0 aliphatic carbocycles. The summed E-state index contributed by atoms with van der Waals surface area (Å²) in [7, 11) is -14.6. The van der Waals surface area contributed by atoms with Crippen molar-refractivity contribution in [1.29, 1.82) is 0 Å². The molecule has 0 aliphatic rings. The molecule has 0 rings (SSSR count). The van der Waals surface area contributed by atoms with Gasteiger partial charge in [0.15, 0.2) is 0 Å². The third-order valence-corrected chi connectivity index (χ3v) is 11.3. The van der Waals surface area contributed by atoms with Gasteiger partial charge in [0.25, 0.3) is 0 Å². The van der Waals surface area contributed by atoms with Crippen LogP contribution in [0.1, 0.15) is 48.5 Å². The monoisotopic (exact) mass is 410 g/mol. The lowest BCUT2D eigenvalue weighted by Gasteiger charge is -2.47. The van der Waals surface area contributed by atoms with Crippen LogP contribution in [0.25, 0.3) is 0 Å². The molecule has 4 atom stereocenters. The van der Waals surface area contributed by atoms with Crippen molar-refractivity contribution in [2.75, 3.05) is 0 Å². The zero-order valence-electron chi connectivity index (χ0n) is 14.9. The van der Waals surface area contributed by atoms with Gasteiger partial charge in [-0.2, -0.15) is 0 Å². The highest BCUT2D eigenvalue weighted by Gasteiger charge is 2.58. The summed E-state index contributed by atoms with van der Waals surface area (Å²) >= 11 is 0. The van der Waals surface area contributed by atoms with Gasteiger partial charge in [-0.1, -0.05) is 27.7 Å².